The lowest BCUT2D eigenvalue weighted by Crippen LogP contribution is -2.39. The zero-order chi connectivity index (χ0) is 17.7. The van der Waals surface area contributed by atoms with Gasteiger partial charge in [0.1, 0.15) is 5.75 Å². The molecule has 1 amide bonds. The maximum absolute atomic E-state index is 12.6. The van der Waals surface area contributed by atoms with Crippen LogP contribution in [0.4, 0.5) is 0 Å². The molecule has 0 aromatic heterocycles. The molecule has 0 fully saturated rings. The maximum Gasteiger partial charge on any atom is 0.261 e. The predicted octanol–water partition coefficient (Wildman–Crippen LogP) is 4.65. The molecule has 0 aliphatic rings. The van der Waals surface area contributed by atoms with Crippen molar-refractivity contribution in [2.24, 2.45) is 0 Å². The van der Waals surface area contributed by atoms with Gasteiger partial charge in [-0.05, 0) is 57.4 Å². The van der Waals surface area contributed by atoms with Gasteiger partial charge in [0.25, 0.3) is 5.91 Å². The normalized spacial score (nSPS) is 13.2. The largest absolute Gasteiger partial charge is 0.481 e. The van der Waals surface area contributed by atoms with Gasteiger partial charge >= 0.3 is 0 Å². The number of nitrogens with one attached hydrogen (secondary N) is 1. The predicted molar refractivity (Wildman–Crippen MR) is 98.4 cm³/mol. The zero-order valence-corrected chi connectivity index (χ0v) is 15.2. The van der Waals surface area contributed by atoms with E-state index in [9.17, 15) is 4.79 Å². The topological polar surface area (TPSA) is 38.3 Å². The summed E-state index contributed by atoms with van der Waals surface area (Å²) in [6.07, 6.45) is 0.138. The quantitative estimate of drug-likeness (QED) is 0.840. The van der Waals surface area contributed by atoms with Crippen LogP contribution in [0.1, 0.15) is 48.6 Å². The average Bonchev–Trinajstić information content (AvgIpc) is 2.56. The Hall–Kier alpha value is -2.29. The van der Waals surface area contributed by atoms with Crippen LogP contribution in [0.5, 0.6) is 5.75 Å². The summed E-state index contributed by atoms with van der Waals surface area (Å²) >= 11 is 0. The first-order valence-corrected chi connectivity index (χ1v) is 8.51. The molecule has 0 bridgehead atoms. The highest BCUT2D eigenvalue weighted by Gasteiger charge is 2.21. The number of benzene rings is 2. The molecule has 3 nitrogen and oxygen atoms in total. The van der Waals surface area contributed by atoms with Crippen molar-refractivity contribution < 1.29 is 9.53 Å². The minimum Gasteiger partial charge on any atom is -0.481 e. The van der Waals surface area contributed by atoms with Crippen molar-refractivity contribution in [3.63, 3.8) is 0 Å². The molecule has 24 heavy (non-hydrogen) atoms. The lowest BCUT2D eigenvalue weighted by Gasteiger charge is -2.22. The number of ether oxygens (including phenoxy) is 1. The Balaban J connectivity index is 2.05. The van der Waals surface area contributed by atoms with Gasteiger partial charge in [0, 0.05) is 0 Å². The van der Waals surface area contributed by atoms with E-state index < -0.39 is 6.10 Å². The third-order valence-electron chi connectivity index (χ3n) is 4.22. The van der Waals surface area contributed by atoms with Gasteiger partial charge in [-0.25, -0.2) is 0 Å². The van der Waals surface area contributed by atoms with Gasteiger partial charge in [-0.2, -0.15) is 0 Å². The van der Waals surface area contributed by atoms with E-state index in [1.165, 1.54) is 16.7 Å². The number of aryl methyl sites for hydroxylation is 3. The van der Waals surface area contributed by atoms with Crippen LogP contribution < -0.4 is 10.1 Å². The van der Waals surface area contributed by atoms with Crippen LogP contribution in [0.25, 0.3) is 0 Å². The molecule has 0 radical (unpaired) electrons. The molecule has 1 N–H and O–H groups in total. The van der Waals surface area contributed by atoms with E-state index in [2.05, 4.69) is 37.4 Å². The maximum atomic E-state index is 12.6. The number of amides is 1. The molecule has 0 spiro atoms. The van der Waals surface area contributed by atoms with E-state index in [0.717, 1.165) is 11.3 Å². The molecule has 0 saturated carbocycles. The first kappa shape index (κ1) is 18.1. The Kier molecular flexibility index (Phi) is 6.02. The fourth-order valence-corrected chi connectivity index (χ4v) is 2.71. The van der Waals surface area contributed by atoms with Gasteiger partial charge in [-0.3, -0.25) is 4.79 Å². The number of rotatable bonds is 6. The van der Waals surface area contributed by atoms with Gasteiger partial charge < -0.3 is 10.1 Å². The highest BCUT2D eigenvalue weighted by molar-refractivity contribution is 5.81. The lowest BCUT2D eigenvalue weighted by molar-refractivity contribution is -0.128. The SMILES string of the molecule is CC[C@H](Oc1ccc(C)cc1)C(=O)N[C@H](C)c1cc(C)ccc1C. The van der Waals surface area contributed by atoms with E-state index in [4.69, 9.17) is 4.74 Å². The van der Waals surface area contributed by atoms with Gasteiger partial charge in [-0.1, -0.05) is 48.4 Å². The third-order valence-corrected chi connectivity index (χ3v) is 4.22. The smallest absolute Gasteiger partial charge is 0.261 e. The van der Waals surface area contributed by atoms with E-state index in [-0.39, 0.29) is 11.9 Å². The molecule has 2 rings (SSSR count). The minimum absolute atomic E-state index is 0.0481. The van der Waals surface area contributed by atoms with Crippen molar-refractivity contribution in [1.82, 2.24) is 5.32 Å². The second-order valence-corrected chi connectivity index (χ2v) is 6.42. The second kappa shape index (κ2) is 8.00. The van der Waals surface area contributed by atoms with Gasteiger partial charge in [-0.15, -0.1) is 0 Å². The van der Waals surface area contributed by atoms with Crippen LogP contribution in [0.15, 0.2) is 42.5 Å². The molecule has 0 aliphatic heterocycles. The highest BCUT2D eigenvalue weighted by atomic mass is 16.5. The molecule has 2 aromatic rings. The van der Waals surface area contributed by atoms with Crippen LogP contribution in [0, 0.1) is 20.8 Å². The lowest BCUT2D eigenvalue weighted by atomic mass is 10.00. The summed E-state index contributed by atoms with van der Waals surface area (Å²) < 4.78 is 5.86. The number of carbonyl (C=O) groups is 1. The molecule has 0 heterocycles. The zero-order valence-electron chi connectivity index (χ0n) is 15.2. The molecular formula is C21H27NO2. The highest BCUT2D eigenvalue weighted by Crippen LogP contribution is 2.20. The summed E-state index contributed by atoms with van der Waals surface area (Å²) in [5.41, 5.74) is 4.69. The third kappa shape index (κ3) is 4.60. The Morgan fingerprint density at radius 2 is 1.67 bits per heavy atom. The Morgan fingerprint density at radius 1 is 1.04 bits per heavy atom. The molecular weight excluding hydrogens is 298 g/mol. The van der Waals surface area contributed by atoms with E-state index in [0.29, 0.717) is 6.42 Å². The molecule has 2 aromatic carbocycles. The Morgan fingerprint density at radius 3 is 2.29 bits per heavy atom. The van der Waals surface area contributed by atoms with Crippen molar-refractivity contribution in [2.45, 2.75) is 53.2 Å². The molecule has 128 valence electrons. The van der Waals surface area contributed by atoms with E-state index in [1.54, 1.807) is 0 Å². The Labute approximate surface area is 145 Å². The van der Waals surface area contributed by atoms with Gasteiger partial charge in [0.15, 0.2) is 6.10 Å². The summed E-state index contributed by atoms with van der Waals surface area (Å²) in [5.74, 6) is 0.647. The number of carbonyl (C=O) groups excluding carboxylic acids is 1. The average molecular weight is 325 g/mol. The summed E-state index contributed by atoms with van der Waals surface area (Å²) in [6.45, 7) is 10.1. The van der Waals surface area contributed by atoms with Crippen LogP contribution in [-0.4, -0.2) is 12.0 Å². The van der Waals surface area contributed by atoms with E-state index >= 15 is 0 Å². The summed E-state index contributed by atoms with van der Waals surface area (Å²) in [5, 5.41) is 3.08. The van der Waals surface area contributed by atoms with Crippen molar-refractivity contribution in [3.05, 3.63) is 64.7 Å². The summed E-state index contributed by atoms with van der Waals surface area (Å²) in [4.78, 5) is 12.6. The number of hydrogen-bond acceptors (Lipinski definition) is 2. The first-order chi connectivity index (χ1) is 11.4. The van der Waals surface area contributed by atoms with Crippen LogP contribution in [-0.2, 0) is 4.79 Å². The minimum atomic E-state index is -0.486. The van der Waals surface area contributed by atoms with Crippen LogP contribution in [0.3, 0.4) is 0 Å². The summed E-state index contributed by atoms with van der Waals surface area (Å²) in [7, 11) is 0. The van der Waals surface area contributed by atoms with Crippen molar-refractivity contribution in [2.75, 3.05) is 0 Å². The fraction of sp³-hybridized carbons (Fsp3) is 0.381. The van der Waals surface area contributed by atoms with Crippen LogP contribution in [0.2, 0.25) is 0 Å². The second-order valence-electron chi connectivity index (χ2n) is 6.42. The van der Waals surface area contributed by atoms with Crippen molar-refractivity contribution >= 4 is 5.91 Å². The van der Waals surface area contributed by atoms with Gasteiger partial charge in [0.05, 0.1) is 6.04 Å². The van der Waals surface area contributed by atoms with Crippen molar-refractivity contribution in [3.8, 4) is 5.75 Å². The standard InChI is InChI=1S/C21H27NO2/c1-6-20(24-18-11-8-14(2)9-12-18)21(23)22-17(5)19-13-15(3)7-10-16(19)4/h7-13,17,20H,6H2,1-5H3,(H,22,23)/t17-,20+/m1/s1. The first-order valence-electron chi connectivity index (χ1n) is 8.51. The molecule has 0 aliphatic carbocycles. The Bertz CT molecular complexity index is 691. The number of hydrogen-bond donors (Lipinski definition) is 1. The molecule has 2 atom stereocenters. The van der Waals surface area contributed by atoms with Crippen molar-refractivity contribution in [1.29, 1.82) is 0 Å². The fourth-order valence-electron chi connectivity index (χ4n) is 2.71. The molecule has 3 heteroatoms. The van der Waals surface area contributed by atoms with E-state index in [1.807, 2.05) is 45.0 Å². The molecule has 0 saturated heterocycles. The van der Waals surface area contributed by atoms with Gasteiger partial charge in [0.2, 0.25) is 0 Å². The van der Waals surface area contributed by atoms with Crippen LogP contribution >= 0.6 is 0 Å². The monoisotopic (exact) mass is 325 g/mol. The summed E-state index contributed by atoms with van der Waals surface area (Å²) in [6, 6.07) is 14.0. The molecule has 0 unspecified atom stereocenters.